The van der Waals surface area contributed by atoms with Gasteiger partial charge in [0.25, 0.3) is 5.91 Å². The second-order valence-corrected chi connectivity index (χ2v) is 8.75. The largest absolute Gasteiger partial charge is 0.489 e. The first kappa shape index (κ1) is 21.5. The Kier molecular flexibility index (Phi) is 7.46. The predicted octanol–water partition coefficient (Wildman–Crippen LogP) is 1.01. The van der Waals surface area contributed by atoms with E-state index in [0.29, 0.717) is 55.4 Å². The molecule has 27 heavy (non-hydrogen) atoms. The highest BCUT2D eigenvalue weighted by Crippen LogP contribution is 2.28. The van der Waals surface area contributed by atoms with E-state index in [-0.39, 0.29) is 17.9 Å². The smallest absolute Gasteiger partial charge is 0.251 e. The standard InChI is InChI=1S/C17H24ClN3O5S/c1-12(22)19-7-8-20-17(23)13-3-4-16(15(18)11-13)26-14-5-9-21(10-6-14)27(2,24)25/h3-4,11,14H,5-10H2,1-2H3,(H,19,22)(H,20,23). The Morgan fingerprint density at radius 1 is 1.22 bits per heavy atom. The third kappa shape index (κ3) is 6.67. The summed E-state index contributed by atoms with van der Waals surface area (Å²) in [6, 6.07) is 4.77. The van der Waals surface area contributed by atoms with Gasteiger partial charge in [-0.3, -0.25) is 9.59 Å². The van der Waals surface area contributed by atoms with Crippen LogP contribution in [0, 0.1) is 0 Å². The van der Waals surface area contributed by atoms with Gasteiger partial charge >= 0.3 is 0 Å². The number of hydrogen-bond acceptors (Lipinski definition) is 5. The molecule has 1 saturated heterocycles. The molecule has 2 amide bonds. The van der Waals surface area contributed by atoms with E-state index in [1.54, 1.807) is 12.1 Å². The molecule has 1 aliphatic rings. The lowest BCUT2D eigenvalue weighted by atomic mass is 10.1. The molecule has 0 bridgehead atoms. The Hall–Kier alpha value is -1.84. The van der Waals surface area contributed by atoms with E-state index in [4.69, 9.17) is 16.3 Å². The molecule has 2 N–H and O–H groups in total. The molecular formula is C17H24ClN3O5S. The molecule has 2 rings (SSSR count). The quantitative estimate of drug-likeness (QED) is 0.644. The molecule has 1 aromatic rings. The van der Waals surface area contributed by atoms with Crippen molar-refractivity contribution in [3.63, 3.8) is 0 Å². The minimum Gasteiger partial charge on any atom is -0.489 e. The van der Waals surface area contributed by atoms with Crippen LogP contribution in [0.15, 0.2) is 18.2 Å². The van der Waals surface area contributed by atoms with Gasteiger partial charge in [-0.1, -0.05) is 11.6 Å². The average molecular weight is 418 g/mol. The van der Waals surface area contributed by atoms with Crippen LogP contribution in [0.5, 0.6) is 5.75 Å². The predicted molar refractivity (Wildman–Crippen MR) is 103 cm³/mol. The number of hydrogen-bond donors (Lipinski definition) is 2. The third-order valence-electron chi connectivity index (χ3n) is 4.14. The van der Waals surface area contributed by atoms with Crippen molar-refractivity contribution in [3.05, 3.63) is 28.8 Å². The molecule has 8 nitrogen and oxygen atoms in total. The highest BCUT2D eigenvalue weighted by atomic mass is 35.5. The first-order valence-electron chi connectivity index (χ1n) is 8.61. The molecule has 0 aromatic heterocycles. The Bertz CT molecular complexity index is 792. The third-order valence-corrected chi connectivity index (χ3v) is 5.74. The fourth-order valence-corrected chi connectivity index (χ4v) is 3.81. The van der Waals surface area contributed by atoms with Crippen molar-refractivity contribution >= 4 is 33.4 Å². The molecule has 1 aliphatic heterocycles. The number of carbonyl (C=O) groups is 2. The van der Waals surface area contributed by atoms with Crippen molar-refractivity contribution in [3.8, 4) is 5.75 Å². The Morgan fingerprint density at radius 3 is 2.41 bits per heavy atom. The van der Waals surface area contributed by atoms with E-state index in [9.17, 15) is 18.0 Å². The summed E-state index contributed by atoms with van der Waals surface area (Å²) in [6.45, 7) is 2.90. The van der Waals surface area contributed by atoms with Crippen LogP contribution in [-0.2, 0) is 14.8 Å². The zero-order chi connectivity index (χ0) is 20.0. The van der Waals surface area contributed by atoms with Gasteiger partial charge in [0.15, 0.2) is 0 Å². The number of nitrogens with zero attached hydrogens (tertiary/aromatic N) is 1. The number of halogens is 1. The maximum atomic E-state index is 12.1. The average Bonchev–Trinajstić information content (AvgIpc) is 2.59. The fraction of sp³-hybridized carbons (Fsp3) is 0.529. The van der Waals surface area contributed by atoms with Crippen LogP contribution in [0.4, 0.5) is 0 Å². The maximum Gasteiger partial charge on any atom is 0.251 e. The summed E-state index contributed by atoms with van der Waals surface area (Å²) in [5.74, 6) is 0.00990. The maximum absolute atomic E-state index is 12.1. The summed E-state index contributed by atoms with van der Waals surface area (Å²) < 4.78 is 30.4. The molecule has 0 saturated carbocycles. The van der Waals surface area contributed by atoms with Gasteiger partial charge in [0.1, 0.15) is 11.9 Å². The van der Waals surface area contributed by atoms with Crippen LogP contribution in [0.1, 0.15) is 30.1 Å². The molecule has 0 unspecified atom stereocenters. The number of piperidine rings is 1. The number of benzene rings is 1. The minimum atomic E-state index is -3.18. The minimum absolute atomic E-state index is 0.127. The number of nitrogens with one attached hydrogen (secondary N) is 2. The van der Waals surface area contributed by atoms with Crippen molar-refractivity contribution in [1.82, 2.24) is 14.9 Å². The second-order valence-electron chi connectivity index (χ2n) is 6.36. The van der Waals surface area contributed by atoms with Crippen LogP contribution < -0.4 is 15.4 Å². The van der Waals surface area contributed by atoms with E-state index in [1.807, 2.05) is 0 Å². The topological polar surface area (TPSA) is 105 Å². The summed E-state index contributed by atoms with van der Waals surface area (Å²) in [7, 11) is -3.18. The van der Waals surface area contributed by atoms with Crippen LogP contribution >= 0.6 is 11.6 Å². The van der Waals surface area contributed by atoms with Gasteiger partial charge < -0.3 is 15.4 Å². The summed E-state index contributed by atoms with van der Waals surface area (Å²) >= 11 is 6.23. The van der Waals surface area contributed by atoms with Crippen LogP contribution in [0.3, 0.4) is 0 Å². The van der Waals surface area contributed by atoms with E-state index < -0.39 is 10.0 Å². The number of rotatable bonds is 7. The number of ether oxygens (including phenoxy) is 1. The van der Waals surface area contributed by atoms with Gasteiger partial charge in [-0.25, -0.2) is 12.7 Å². The lowest BCUT2D eigenvalue weighted by molar-refractivity contribution is -0.118. The van der Waals surface area contributed by atoms with Crippen molar-refractivity contribution < 1.29 is 22.7 Å². The molecule has 0 spiro atoms. The molecule has 0 atom stereocenters. The number of sulfonamides is 1. The van der Waals surface area contributed by atoms with E-state index in [2.05, 4.69) is 10.6 Å². The van der Waals surface area contributed by atoms with Crippen molar-refractivity contribution in [2.45, 2.75) is 25.9 Å². The Balaban J connectivity index is 1.87. The highest BCUT2D eigenvalue weighted by molar-refractivity contribution is 7.88. The Labute approximate surface area is 164 Å². The summed E-state index contributed by atoms with van der Waals surface area (Å²) in [5.41, 5.74) is 0.391. The first-order valence-corrected chi connectivity index (χ1v) is 10.8. The second kappa shape index (κ2) is 9.38. The molecule has 150 valence electrons. The molecule has 1 aromatic carbocycles. The van der Waals surface area contributed by atoms with Crippen molar-refractivity contribution in [2.75, 3.05) is 32.4 Å². The monoisotopic (exact) mass is 417 g/mol. The van der Waals surface area contributed by atoms with Gasteiger partial charge in [0, 0.05) is 38.7 Å². The zero-order valence-electron chi connectivity index (χ0n) is 15.3. The van der Waals surface area contributed by atoms with Gasteiger partial charge in [-0.15, -0.1) is 0 Å². The number of amides is 2. The highest BCUT2D eigenvalue weighted by Gasteiger charge is 2.26. The van der Waals surface area contributed by atoms with E-state index >= 15 is 0 Å². The normalized spacial score (nSPS) is 16.0. The Morgan fingerprint density at radius 2 is 1.85 bits per heavy atom. The molecule has 0 radical (unpaired) electrons. The number of carbonyl (C=O) groups excluding carboxylic acids is 2. The van der Waals surface area contributed by atoms with Gasteiger partial charge in [0.2, 0.25) is 15.9 Å². The SMILES string of the molecule is CC(=O)NCCNC(=O)c1ccc(OC2CCN(S(C)(=O)=O)CC2)c(Cl)c1. The molecule has 1 heterocycles. The lowest BCUT2D eigenvalue weighted by Gasteiger charge is -2.30. The van der Waals surface area contributed by atoms with Crippen molar-refractivity contribution in [2.24, 2.45) is 0 Å². The molecule has 10 heteroatoms. The van der Waals surface area contributed by atoms with Crippen LogP contribution in [-0.4, -0.2) is 63.1 Å². The van der Waals surface area contributed by atoms with Gasteiger partial charge in [-0.05, 0) is 31.0 Å². The van der Waals surface area contributed by atoms with E-state index in [1.165, 1.54) is 23.6 Å². The van der Waals surface area contributed by atoms with Crippen LogP contribution in [0.25, 0.3) is 0 Å². The first-order chi connectivity index (χ1) is 12.7. The molecule has 1 fully saturated rings. The molecule has 0 aliphatic carbocycles. The molecular weight excluding hydrogens is 394 g/mol. The lowest BCUT2D eigenvalue weighted by Crippen LogP contribution is -2.41. The van der Waals surface area contributed by atoms with Gasteiger partial charge in [0.05, 0.1) is 11.3 Å². The van der Waals surface area contributed by atoms with Crippen LogP contribution in [0.2, 0.25) is 5.02 Å². The fourth-order valence-electron chi connectivity index (χ4n) is 2.72. The summed E-state index contributed by atoms with van der Waals surface area (Å²) in [5, 5.41) is 5.59. The van der Waals surface area contributed by atoms with Gasteiger partial charge in [-0.2, -0.15) is 0 Å². The summed E-state index contributed by atoms with van der Waals surface area (Å²) in [6.07, 6.45) is 2.23. The summed E-state index contributed by atoms with van der Waals surface area (Å²) in [4.78, 5) is 22.9. The van der Waals surface area contributed by atoms with Crippen molar-refractivity contribution in [1.29, 1.82) is 0 Å². The van der Waals surface area contributed by atoms with E-state index in [0.717, 1.165) is 0 Å². The zero-order valence-corrected chi connectivity index (χ0v) is 16.9.